The molecule has 7 heteroatoms. The van der Waals surface area contributed by atoms with E-state index in [4.69, 9.17) is 11.6 Å². The minimum Gasteiger partial charge on any atom is -0.355 e. The molecule has 0 saturated heterocycles. The van der Waals surface area contributed by atoms with Crippen molar-refractivity contribution < 1.29 is 13.2 Å². The number of rotatable bonds is 9. The van der Waals surface area contributed by atoms with Crippen molar-refractivity contribution in [3.05, 3.63) is 58.6 Å². The van der Waals surface area contributed by atoms with Crippen LogP contribution in [0.5, 0.6) is 0 Å². The maximum absolute atomic E-state index is 13.3. The van der Waals surface area contributed by atoms with Gasteiger partial charge < -0.3 is 5.32 Å². The van der Waals surface area contributed by atoms with Gasteiger partial charge >= 0.3 is 0 Å². The van der Waals surface area contributed by atoms with Crippen LogP contribution >= 0.6 is 11.6 Å². The zero-order valence-corrected chi connectivity index (χ0v) is 18.1. The molecular weight excluding hydrogens is 396 g/mol. The van der Waals surface area contributed by atoms with E-state index in [1.807, 2.05) is 13.8 Å². The third kappa shape index (κ3) is 5.72. The van der Waals surface area contributed by atoms with E-state index < -0.39 is 10.0 Å². The van der Waals surface area contributed by atoms with Gasteiger partial charge in [-0.25, -0.2) is 8.42 Å². The van der Waals surface area contributed by atoms with Crippen molar-refractivity contribution in [2.24, 2.45) is 0 Å². The Labute approximate surface area is 172 Å². The molecule has 2 rings (SSSR count). The van der Waals surface area contributed by atoms with Crippen LogP contribution in [0.25, 0.3) is 0 Å². The lowest BCUT2D eigenvalue weighted by atomic mass is 10.2. The molecule has 0 unspecified atom stereocenters. The molecule has 2 aromatic carbocycles. The molecule has 152 valence electrons. The predicted molar refractivity (Wildman–Crippen MR) is 114 cm³/mol. The van der Waals surface area contributed by atoms with Crippen LogP contribution < -0.4 is 9.62 Å². The van der Waals surface area contributed by atoms with Crippen LogP contribution in [-0.2, 0) is 14.8 Å². The number of sulfonamides is 1. The van der Waals surface area contributed by atoms with Gasteiger partial charge in [0.15, 0.2) is 0 Å². The molecule has 0 bridgehead atoms. The number of hydrogen-bond donors (Lipinski definition) is 1. The van der Waals surface area contributed by atoms with Gasteiger partial charge in [-0.2, -0.15) is 0 Å². The highest BCUT2D eigenvalue weighted by atomic mass is 35.5. The molecule has 0 fully saturated rings. The van der Waals surface area contributed by atoms with Crippen LogP contribution in [0, 0.1) is 13.8 Å². The SMILES string of the molecule is CCCCCNC(=O)CN(c1ccc(C)c(Cl)c1)S(=O)(=O)c1ccc(C)cc1. The molecule has 0 atom stereocenters. The molecule has 0 spiro atoms. The lowest BCUT2D eigenvalue weighted by Crippen LogP contribution is -2.41. The molecule has 0 heterocycles. The van der Waals surface area contributed by atoms with Gasteiger partial charge in [-0.15, -0.1) is 0 Å². The molecule has 0 saturated carbocycles. The molecule has 28 heavy (non-hydrogen) atoms. The second-order valence-corrected chi connectivity index (χ2v) is 9.08. The number of carbonyl (C=O) groups excluding carboxylic acids is 1. The van der Waals surface area contributed by atoms with Crippen molar-refractivity contribution in [2.45, 2.75) is 44.9 Å². The van der Waals surface area contributed by atoms with Gasteiger partial charge in [-0.05, 0) is 50.1 Å². The standard InChI is InChI=1S/C21H27ClN2O3S/c1-4-5-6-13-23-21(25)15-24(18-10-9-17(3)20(22)14-18)28(26,27)19-11-7-16(2)8-12-19/h7-12,14H,4-6,13,15H2,1-3H3,(H,23,25). The normalized spacial score (nSPS) is 11.3. The van der Waals surface area contributed by atoms with Gasteiger partial charge in [0, 0.05) is 11.6 Å². The van der Waals surface area contributed by atoms with Crippen LogP contribution in [0.15, 0.2) is 47.4 Å². The first-order chi connectivity index (χ1) is 13.3. The number of carbonyl (C=O) groups is 1. The van der Waals surface area contributed by atoms with Gasteiger partial charge in [0.05, 0.1) is 10.6 Å². The minimum atomic E-state index is -3.92. The first kappa shape index (κ1) is 22.2. The summed E-state index contributed by atoms with van der Waals surface area (Å²) in [7, 11) is -3.92. The summed E-state index contributed by atoms with van der Waals surface area (Å²) in [6.45, 7) is 6.03. The molecule has 2 aromatic rings. The van der Waals surface area contributed by atoms with E-state index in [1.165, 1.54) is 0 Å². The lowest BCUT2D eigenvalue weighted by molar-refractivity contribution is -0.119. The summed E-state index contributed by atoms with van der Waals surface area (Å²) >= 11 is 6.21. The fraction of sp³-hybridized carbons (Fsp3) is 0.381. The molecule has 0 aromatic heterocycles. The second kappa shape index (κ2) is 9.94. The van der Waals surface area contributed by atoms with Crippen molar-refractivity contribution in [3.63, 3.8) is 0 Å². The molecule has 5 nitrogen and oxygen atoms in total. The third-order valence-corrected chi connectivity index (χ3v) is 6.64. The number of halogens is 1. The Morgan fingerprint density at radius 3 is 2.36 bits per heavy atom. The zero-order valence-electron chi connectivity index (χ0n) is 16.5. The van der Waals surface area contributed by atoms with Crippen LogP contribution in [0.1, 0.15) is 37.3 Å². The monoisotopic (exact) mass is 422 g/mol. The molecule has 0 radical (unpaired) electrons. The summed E-state index contributed by atoms with van der Waals surface area (Å²) in [6, 6.07) is 11.5. The van der Waals surface area contributed by atoms with E-state index >= 15 is 0 Å². The van der Waals surface area contributed by atoms with Crippen molar-refractivity contribution >= 4 is 33.2 Å². The molecule has 0 aliphatic rings. The number of hydrogen-bond acceptors (Lipinski definition) is 3. The molecule has 0 aliphatic carbocycles. The summed E-state index contributed by atoms with van der Waals surface area (Å²) in [5.41, 5.74) is 2.15. The average molecular weight is 423 g/mol. The Balaban J connectivity index is 2.34. The Morgan fingerprint density at radius 2 is 1.75 bits per heavy atom. The highest BCUT2D eigenvalue weighted by Crippen LogP contribution is 2.28. The smallest absolute Gasteiger partial charge is 0.264 e. The Kier molecular flexibility index (Phi) is 7.89. The summed E-state index contributed by atoms with van der Waals surface area (Å²) in [5.74, 6) is -0.344. The van der Waals surface area contributed by atoms with Gasteiger partial charge in [0.1, 0.15) is 6.54 Å². The third-order valence-electron chi connectivity index (χ3n) is 4.44. The van der Waals surface area contributed by atoms with Crippen LogP contribution in [0.3, 0.4) is 0 Å². The number of unbranched alkanes of at least 4 members (excludes halogenated alkanes) is 2. The number of amides is 1. The van der Waals surface area contributed by atoms with Crippen LogP contribution in [0.4, 0.5) is 5.69 Å². The van der Waals surface area contributed by atoms with Gasteiger partial charge in [-0.1, -0.05) is 55.1 Å². The number of benzene rings is 2. The lowest BCUT2D eigenvalue weighted by Gasteiger charge is -2.24. The maximum Gasteiger partial charge on any atom is 0.264 e. The summed E-state index contributed by atoms with van der Waals surface area (Å²) in [4.78, 5) is 12.6. The minimum absolute atomic E-state index is 0.133. The Bertz CT molecular complexity index is 912. The summed E-state index contributed by atoms with van der Waals surface area (Å²) < 4.78 is 27.6. The maximum atomic E-state index is 13.3. The summed E-state index contributed by atoms with van der Waals surface area (Å²) in [5, 5.41) is 3.25. The van der Waals surface area contributed by atoms with E-state index in [9.17, 15) is 13.2 Å². The number of aryl methyl sites for hydroxylation is 2. The molecule has 0 aliphatic heterocycles. The average Bonchev–Trinajstić information content (AvgIpc) is 2.66. The molecule has 1 N–H and O–H groups in total. The molecule has 1 amide bonds. The topological polar surface area (TPSA) is 66.5 Å². The fourth-order valence-electron chi connectivity index (χ4n) is 2.68. The highest BCUT2D eigenvalue weighted by molar-refractivity contribution is 7.92. The Hall–Kier alpha value is -2.05. The summed E-state index contributed by atoms with van der Waals surface area (Å²) in [6.07, 6.45) is 2.92. The fourth-order valence-corrected chi connectivity index (χ4v) is 4.27. The number of nitrogens with zero attached hydrogens (tertiary/aromatic N) is 1. The first-order valence-corrected chi connectivity index (χ1v) is 11.2. The van der Waals surface area contributed by atoms with Crippen molar-refractivity contribution in [2.75, 3.05) is 17.4 Å². The Morgan fingerprint density at radius 1 is 1.07 bits per heavy atom. The van der Waals surface area contributed by atoms with Crippen molar-refractivity contribution in [1.82, 2.24) is 5.32 Å². The van der Waals surface area contributed by atoms with Crippen molar-refractivity contribution in [1.29, 1.82) is 0 Å². The van der Waals surface area contributed by atoms with E-state index in [-0.39, 0.29) is 17.3 Å². The van der Waals surface area contributed by atoms with E-state index in [2.05, 4.69) is 12.2 Å². The largest absolute Gasteiger partial charge is 0.355 e. The number of nitrogens with one attached hydrogen (secondary N) is 1. The van der Waals surface area contributed by atoms with Crippen LogP contribution in [0.2, 0.25) is 5.02 Å². The van der Waals surface area contributed by atoms with Gasteiger partial charge in [-0.3, -0.25) is 9.10 Å². The van der Waals surface area contributed by atoms with E-state index in [1.54, 1.807) is 42.5 Å². The van der Waals surface area contributed by atoms with Gasteiger partial charge in [0.2, 0.25) is 5.91 Å². The van der Waals surface area contributed by atoms with E-state index in [0.717, 1.165) is 34.7 Å². The highest BCUT2D eigenvalue weighted by Gasteiger charge is 2.27. The zero-order chi connectivity index (χ0) is 20.7. The first-order valence-electron chi connectivity index (χ1n) is 9.38. The van der Waals surface area contributed by atoms with Crippen molar-refractivity contribution in [3.8, 4) is 0 Å². The van der Waals surface area contributed by atoms with Crippen LogP contribution in [-0.4, -0.2) is 27.4 Å². The molecular formula is C21H27ClN2O3S. The van der Waals surface area contributed by atoms with E-state index in [0.29, 0.717) is 17.3 Å². The predicted octanol–water partition coefficient (Wildman–Crippen LogP) is 4.46. The second-order valence-electron chi connectivity index (χ2n) is 6.82. The quantitative estimate of drug-likeness (QED) is 0.606. The van der Waals surface area contributed by atoms with Gasteiger partial charge in [0.25, 0.3) is 10.0 Å². The number of anilines is 1.